The highest BCUT2D eigenvalue weighted by atomic mass is 32.2. The normalized spacial score (nSPS) is 14.4. The molecule has 0 bridgehead atoms. The highest BCUT2D eigenvalue weighted by Crippen LogP contribution is 2.26. The fourth-order valence-corrected chi connectivity index (χ4v) is 7.33. The number of carbonyl (C=O) groups is 2. The zero-order valence-corrected chi connectivity index (χ0v) is 23.6. The number of carbonyl (C=O) groups excluding carboxylic acids is 2. The van der Waals surface area contributed by atoms with Crippen molar-refractivity contribution >= 4 is 43.5 Å². The number of aromatic nitrogens is 1. The van der Waals surface area contributed by atoms with Crippen LogP contribution in [0.1, 0.15) is 39.5 Å². The molecule has 1 aromatic heterocycles. The Kier molecular flexibility index (Phi) is 7.53. The number of aryl methyl sites for hydroxylation is 2. The number of esters is 1. The molecular weight excluding hydrogens is 534 g/mol. The fourth-order valence-electron chi connectivity index (χ4n) is 4.83. The summed E-state index contributed by atoms with van der Waals surface area (Å²) >= 11 is 1.33. The Morgan fingerprint density at radius 3 is 2.46 bits per heavy atom. The van der Waals surface area contributed by atoms with E-state index in [0.29, 0.717) is 24.3 Å². The molecule has 5 rings (SSSR count). The van der Waals surface area contributed by atoms with Crippen molar-refractivity contribution in [1.29, 1.82) is 0 Å². The van der Waals surface area contributed by atoms with E-state index in [4.69, 9.17) is 4.74 Å². The van der Waals surface area contributed by atoms with Crippen LogP contribution >= 0.6 is 11.3 Å². The van der Waals surface area contributed by atoms with Crippen LogP contribution in [0.4, 0.5) is 0 Å². The molecule has 1 amide bonds. The van der Waals surface area contributed by atoms with Gasteiger partial charge in [0.2, 0.25) is 10.0 Å². The first-order valence-corrected chi connectivity index (χ1v) is 15.0. The lowest BCUT2D eigenvalue weighted by Gasteiger charge is -2.28. The lowest BCUT2D eigenvalue weighted by molar-refractivity contribution is -0.143. The number of fused-ring (bicyclic) bond motifs is 2. The summed E-state index contributed by atoms with van der Waals surface area (Å²) in [6, 6.07) is 17.7. The van der Waals surface area contributed by atoms with Crippen LogP contribution in [0.5, 0.6) is 0 Å². The van der Waals surface area contributed by atoms with Crippen molar-refractivity contribution < 1.29 is 22.7 Å². The van der Waals surface area contributed by atoms with Crippen molar-refractivity contribution in [2.24, 2.45) is 4.99 Å². The van der Waals surface area contributed by atoms with Crippen LogP contribution in [0.3, 0.4) is 0 Å². The summed E-state index contributed by atoms with van der Waals surface area (Å²) in [5, 5.41) is 0. The molecule has 10 heteroatoms. The molecule has 0 radical (unpaired) electrons. The third-order valence-electron chi connectivity index (χ3n) is 6.74. The highest BCUT2D eigenvalue weighted by Gasteiger charge is 2.28. The van der Waals surface area contributed by atoms with Gasteiger partial charge in [0, 0.05) is 18.7 Å². The second-order valence-electron chi connectivity index (χ2n) is 9.50. The number of hydrogen-bond acceptors (Lipinski definition) is 6. The molecule has 1 aliphatic rings. The Morgan fingerprint density at radius 2 is 1.74 bits per heavy atom. The van der Waals surface area contributed by atoms with Crippen molar-refractivity contribution in [3.8, 4) is 0 Å². The molecule has 0 saturated heterocycles. The van der Waals surface area contributed by atoms with Gasteiger partial charge in [-0.3, -0.25) is 9.59 Å². The van der Waals surface area contributed by atoms with Gasteiger partial charge >= 0.3 is 5.97 Å². The largest absolute Gasteiger partial charge is 0.465 e. The Bertz CT molecular complexity index is 1750. The van der Waals surface area contributed by atoms with Gasteiger partial charge in [-0.1, -0.05) is 41.7 Å². The van der Waals surface area contributed by atoms with E-state index in [0.717, 1.165) is 26.9 Å². The lowest BCUT2D eigenvalue weighted by Crippen LogP contribution is -2.35. The number of amides is 1. The first-order chi connectivity index (χ1) is 18.7. The predicted molar refractivity (Wildman–Crippen MR) is 150 cm³/mol. The Hall–Kier alpha value is -3.60. The number of thiazole rings is 1. The quantitative estimate of drug-likeness (QED) is 0.325. The average molecular weight is 564 g/mol. The van der Waals surface area contributed by atoms with Gasteiger partial charge in [0.15, 0.2) is 4.80 Å². The molecule has 39 heavy (non-hydrogen) atoms. The lowest BCUT2D eigenvalue weighted by atomic mass is 10.0. The van der Waals surface area contributed by atoms with Crippen molar-refractivity contribution in [2.75, 3.05) is 13.2 Å². The minimum atomic E-state index is -3.72. The van der Waals surface area contributed by atoms with Crippen LogP contribution in [0.15, 0.2) is 70.6 Å². The third kappa shape index (κ3) is 5.45. The van der Waals surface area contributed by atoms with E-state index in [1.165, 1.54) is 45.5 Å². The van der Waals surface area contributed by atoms with Crippen molar-refractivity contribution in [1.82, 2.24) is 8.87 Å². The molecule has 4 aromatic rings. The van der Waals surface area contributed by atoms with E-state index in [1.54, 1.807) is 11.5 Å². The van der Waals surface area contributed by atoms with E-state index in [-0.39, 0.29) is 23.6 Å². The highest BCUT2D eigenvalue weighted by molar-refractivity contribution is 7.89. The van der Waals surface area contributed by atoms with E-state index in [1.807, 2.05) is 50.2 Å². The molecule has 0 aliphatic carbocycles. The number of nitrogens with zero attached hydrogens (tertiary/aromatic N) is 3. The molecule has 0 unspecified atom stereocenters. The Balaban J connectivity index is 1.45. The number of sulfonamides is 1. The minimum absolute atomic E-state index is 0.0704. The van der Waals surface area contributed by atoms with Gasteiger partial charge in [0.1, 0.15) is 6.54 Å². The van der Waals surface area contributed by atoms with Gasteiger partial charge in [0.05, 0.1) is 21.7 Å². The average Bonchev–Trinajstić information content (AvgIpc) is 3.25. The van der Waals surface area contributed by atoms with Gasteiger partial charge in [0.25, 0.3) is 5.91 Å². The van der Waals surface area contributed by atoms with Crippen LogP contribution < -0.4 is 4.80 Å². The van der Waals surface area contributed by atoms with Gasteiger partial charge < -0.3 is 9.30 Å². The molecular formula is C29H29N3O5S2. The summed E-state index contributed by atoms with van der Waals surface area (Å²) in [5.41, 5.74) is 5.28. The molecule has 0 atom stereocenters. The van der Waals surface area contributed by atoms with Crippen molar-refractivity contribution in [2.45, 2.75) is 45.2 Å². The van der Waals surface area contributed by atoms with Crippen LogP contribution in [-0.4, -0.2) is 42.3 Å². The molecule has 202 valence electrons. The summed E-state index contributed by atoms with van der Waals surface area (Å²) in [6.07, 6.45) is 0.658. The van der Waals surface area contributed by atoms with E-state index >= 15 is 0 Å². The summed E-state index contributed by atoms with van der Waals surface area (Å²) in [4.78, 5) is 30.3. The van der Waals surface area contributed by atoms with Gasteiger partial charge in [-0.25, -0.2) is 8.42 Å². The molecule has 0 N–H and O–H groups in total. The summed E-state index contributed by atoms with van der Waals surface area (Å²) in [6.45, 7) is 6.60. The van der Waals surface area contributed by atoms with Crippen molar-refractivity contribution in [3.63, 3.8) is 0 Å². The standard InChI is InChI=1S/C29H29N3O5S2/c1-4-37-26(33)18-32-25-16-19(2)15-20(3)27(25)38-29(32)30-28(34)22-9-11-24(12-10-22)39(35,36)31-14-13-21-7-5-6-8-23(21)17-31/h5-12,15-16H,4,13-14,17-18H2,1-3H3. The zero-order valence-electron chi connectivity index (χ0n) is 22.0. The molecule has 2 heterocycles. The van der Waals surface area contributed by atoms with Gasteiger partial charge in [-0.2, -0.15) is 9.30 Å². The number of ether oxygens (including phenoxy) is 1. The number of rotatable bonds is 6. The number of hydrogen-bond donors (Lipinski definition) is 0. The van der Waals surface area contributed by atoms with Crippen molar-refractivity contribution in [3.05, 3.63) is 93.3 Å². The predicted octanol–water partition coefficient (Wildman–Crippen LogP) is 4.37. The monoisotopic (exact) mass is 563 g/mol. The second kappa shape index (κ2) is 10.9. The topological polar surface area (TPSA) is 98.0 Å². The molecule has 0 spiro atoms. The maximum absolute atomic E-state index is 13.3. The summed E-state index contributed by atoms with van der Waals surface area (Å²) < 4.78 is 35.8. The Labute approximate surface area is 231 Å². The molecule has 8 nitrogen and oxygen atoms in total. The smallest absolute Gasteiger partial charge is 0.326 e. The first kappa shape index (κ1) is 27.0. The maximum atomic E-state index is 13.3. The maximum Gasteiger partial charge on any atom is 0.326 e. The van der Waals surface area contributed by atoms with Crippen LogP contribution in [0, 0.1) is 13.8 Å². The molecule has 0 fully saturated rings. The van der Waals surface area contributed by atoms with Crippen LogP contribution in [0.25, 0.3) is 10.2 Å². The van der Waals surface area contributed by atoms with E-state index < -0.39 is 21.9 Å². The van der Waals surface area contributed by atoms with Gasteiger partial charge in [-0.05, 0) is 79.8 Å². The molecule has 3 aromatic carbocycles. The van der Waals surface area contributed by atoms with E-state index in [2.05, 4.69) is 4.99 Å². The Morgan fingerprint density at radius 1 is 1.03 bits per heavy atom. The van der Waals surface area contributed by atoms with Crippen LogP contribution in [0.2, 0.25) is 0 Å². The summed E-state index contributed by atoms with van der Waals surface area (Å²) in [7, 11) is -3.72. The SMILES string of the molecule is CCOC(=O)Cn1c(=NC(=O)c2ccc(S(=O)(=O)N3CCc4ccccc4C3)cc2)sc2c(C)cc(C)cc21. The summed E-state index contributed by atoms with van der Waals surface area (Å²) in [5.74, 6) is -0.940. The van der Waals surface area contributed by atoms with Crippen LogP contribution in [-0.2, 0) is 39.1 Å². The van der Waals surface area contributed by atoms with E-state index in [9.17, 15) is 18.0 Å². The van der Waals surface area contributed by atoms with Gasteiger partial charge in [-0.15, -0.1) is 0 Å². The minimum Gasteiger partial charge on any atom is -0.465 e. The number of benzene rings is 3. The fraction of sp³-hybridized carbons (Fsp3) is 0.276. The second-order valence-corrected chi connectivity index (χ2v) is 12.4. The zero-order chi connectivity index (χ0) is 27.7. The molecule has 1 aliphatic heterocycles. The third-order valence-corrected chi connectivity index (χ3v) is 9.83. The molecule has 0 saturated carbocycles. The first-order valence-electron chi connectivity index (χ1n) is 12.7.